The lowest BCUT2D eigenvalue weighted by Crippen LogP contribution is -2.26. The highest BCUT2D eigenvalue weighted by Crippen LogP contribution is 2.33. The molecule has 1 saturated carbocycles. The minimum Gasteiger partial charge on any atom is -0.481 e. The minimum absolute atomic E-state index is 0.0556. The number of aromatic nitrogens is 1. The summed E-state index contributed by atoms with van der Waals surface area (Å²) in [5, 5.41) is 9.10. The summed E-state index contributed by atoms with van der Waals surface area (Å²) in [6.07, 6.45) is 4.07. The molecule has 1 N–H and O–H groups in total. The highest BCUT2D eigenvalue weighted by Gasteiger charge is 2.31. The summed E-state index contributed by atoms with van der Waals surface area (Å²) in [5.74, 6) is -0.317. The van der Waals surface area contributed by atoms with E-state index < -0.39 is 5.97 Å². The minimum atomic E-state index is -0.747. The van der Waals surface area contributed by atoms with E-state index in [1.54, 1.807) is 18.0 Å². The number of ketones is 1. The third-order valence-electron chi connectivity index (χ3n) is 4.69. The van der Waals surface area contributed by atoms with E-state index in [9.17, 15) is 9.59 Å². The van der Waals surface area contributed by atoms with E-state index in [0.29, 0.717) is 31.4 Å². The van der Waals surface area contributed by atoms with Gasteiger partial charge in [0, 0.05) is 22.8 Å². The Morgan fingerprint density at radius 1 is 1.00 bits per heavy atom. The van der Waals surface area contributed by atoms with Crippen LogP contribution in [-0.4, -0.2) is 21.8 Å². The molecule has 0 aliphatic heterocycles. The topological polar surface area (TPSA) is 67.3 Å². The zero-order chi connectivity index (χ0) is 17.6. The molecule has 2 aromatic rings. The normalized spacial score (nSPS) is 20.2. The first-order valence-corrected chi connectivity index (χ1v) is 9.52. The van der Waals surface area contributed by atoms with Gasteiger partial charge < -0.3 is 5.11 Å². The molecule has 1 aliphatic rings. The van der Waals surface area contributed by atoms with Crippen molar-refractivity contribution < 1.29 is 14.7 Å². The van der Waals surface area contributed by atoms with Gasteiger partial charge in [-0.05, 0) is 43.4 Å². The number of hydrogen-bond acceptors (Lipinski definition) is 4. The van der Waals surface area contributed by atoms with Gasteiger partial charge in [0.2, 0.25) is 0 Å². The van der Waals surface area contributed by atoms with E-state index in [1.807, 2.05) is 30.3 Å². The van der Waals surface area contributed by atoms with E-state index in [0.717, 1.165) is 10.6 Å². The van der Waals surface area contributed by atoms with Crippen LogP contribution < -0.4 is 0 Å². The number of rotatable bonds is 6. The summed E-state index contributed by atoms with van der Waals surface area (Å²) in [5.41, 5.74) is 1.74. The molecule has 130 valence electrons. The maximum absolute atomic E-state index is 12.9. The van der Waals surface area contributed by atoms with Crippen LogP contribution in [0.3, 0.4) is 0 Å². The van der Waals surface area contributed by atoms with Gasteiger partial charge in [-0.25, -0.2) is 0 Å². The molecule has 0 saturated heterocycles. The van der Waals surface area contributed by atoms with Crippen LogP contribution in [0.5, 0.6) is 0 Å². The van der Waals surface area contributed by atoms with Gasteiger partial charge in [-0.1, -0.05) is 30.3 Å². The van der Waals surface area contributed by atoms with Crippen molar-refractivity contribution in [2.45, 2.75) is 36.3 Å². The molecule has 1 heterocycles. The second kappa shape index (κ2) is 8.30. The molecular formula is C20H21NO3S. The molecule has 0 amide bonds. The number of hydrogen-bond donors (Lipinski definition) is 1. The first kappa shape index (κ1) is 17.7. The Hall–Kier alpha value is -2.14. The van der Waals surface area contributed by atoms with Crippen LogP contribution in [0.15, 0.2) is 53.6 Å². The fraction of sp³-hybridized carbons (Fsp3) is 0.350. The summed E-state index contributed by atoms with van der Waals surface area (Å²) < 4.78 is 0. The maximum atomic E-state index is 12.9. The summed E-state index contributed by atoms with van der Waals surface area (Å²) in [6.45, 7) is 0. The average Bonchev–Trinajstić information content (AvgIpc) is 2.67. The standard InChI is InChI=1S/C20H21NO3S/c22-19(15-8-10-16(11-9-15)20(23)24)18-17(7-4-12-21-18)25-13-14-5-2-1-3-6-14/h1-7,12,15-16H,8-11,13H2,(H,23,24). The molecule has 1 aliphatic carbocycles. The molecule has 0 unspecified atom stereocenters. The number of carbonyl (C=O) groups is 2. The van der Waals surface area contributed by atoms with Crippen LogP contribution in [0.2, 0.25) is 0 Å². The monoisotopic (exact) mass is 355 g/mol. The fourth-order valence-electron chi connectivity index (χ4n) is 3.22. The number of carbonyl (C=O) groups excluding carboxylic acids is 1. The highest BCUT2D eigenvalue weighted by molar-refractivity contribution is 7.98. The van der Waals surface area contributed by atoms with Gasteiger partial charge in [-0.15, -0.1) is 11.8 Å². The molecular weight excluding hydrogens is 334 g/mol. The van der Waals surface area contributed by atoms with Crippen molar-refractivity contribution in [3.8, 4) is 0 Å². The Morgan fingerprint density at radius 3 is 2.36 bits per heavy atom. The summed E-state index contributed by atoms with van der Waals surface area (Å²) in [4.78, 5) is 29.2. The largest absolute Gasteiger partial charge is 0.481 e. The van der Waals surface area contributed by atoms with Crippen molar-refractivity contribution >= 4 is 23.5 Å². The highest BCUT2D eigenvalue weighted by atomic mass is 32.2. The van der Waals surface area contributed by atoms with Gasteiger partial charge in [0.05, 0.1) is 5.92 Å². The number of carboxylic acids is 1. The van der Waals surface area contributed by atoms with Crippen LogP contribution in [0.25, 0.3) is 0 Å². The second-order valence-corrected chi connectivity index (χ2v) is 7.39. The predicted octanol–water partition coefficient (Wildman–Crippen LogP) is 4.45. The van der Waals surface area contributed by atoms with E-state index in [-0.39, 0.29) is 17.6 Å². The van der Waals surface area contributed by atoms with Crippen LogP contribution in [0.4, 0.5) is 0 Å². The lowest BCUT2D eigenvalue weighted by molar-refractivity contribution is -0.143. The number of pyridine rings is 1. The van der Waals surface area contributed by atoms with Crippen LogP contribution in [0, 0.1) is 11.8 Å². The zero-order valence-electron chi connectivity index (χ0n) is 13.9. The van der Waals surface area contributed by atoms with E-state index in [1.165, 1.54) is 5.56 Å². The molecule has 3 rings (SSSR count). The molecule has 4 nitrogen and oxygen atoms in total. The Kier molecular flexibility index (Phi) is 5.87. The van der Waals surface area contributed by atoms with E-state index in [4.69, 9.17) is 5.11 Å². The average molecular weight is 355 g/mol. The van der Waals surface area contributed by atoms with Crippen LogP contribution in [-0.2, 0) is 10.5 Å². The van der Waals surface area contributed by atoms with Crippen molar-refractivity contribution in [3.63, 3.8) is 0 Å². The summed E-state index contributed by atoms with van der Waals surface area (Å²) in [7, 11) is 0. The first-order chi connectivity index (χ1) is 12.1. The summed E-state index contributed by atoms with van der Waals surface area (Å²) in [6, 6.07) is 13.9. The molecule has 0 radical (unpaired) electrons. The van der Waals surface area contributed by atoms with Gasteiger partial charge in [0.1, 0.15) is 5.69 Å². The lowest BCUT2D eigenvalue weighted by Gasteiger charge is -2.25. The number of thioether (sulfide) groups is 1. The van der Waals surface area contributed by atoms with Crippen molar-refractivity contribution in [2.24, 2.45) is 11.8 Å². The number of nitrogens with zero attached hydrogens (tertiary/aromatic N) is 1. The number of aliphatic carboxylic acids is 1. The SMILES string of the molecule is O=C(O)C1CCC(C(=O)c2ncccc2SCc2ccccc2)CC1. The number of carboxylic acid groups (broad SMARTS) is 1. The quantitative estimate of drug-likeness (QED) is 0.612. The van der Waals surface area contributed by atoms with Gasteiger partial charge in [0.25, 0.3) is 0 Å². The molecule has 5 heteroatoms. The summed E-state index contributed by atoms with van der Waals surface area (Å²) >= 11 is 1.62. The number of Topliss-reactive ketones (excluding diaryl/α,β-unsaturated/α-hetero) is 1. The van der Waals surface area contributed by atoms with Gasteiger partial charge in [-0.2, -0.15) is 0 Å². The van der Waals surface area contributed by atoms with Crippen molar-refractivity contribution in [3.05, 3.63) is 59.9 Å². The Morgan fingerprint density at radius 2 is 1.68 bits per heavy atom. The van der Waals surface area contributed by atoms with Crippen molar-refractivity contribution in [1.82, 2.24) is 4.98 Å². The number of benzene rings is 1. The third-order valence-corrected chi connectivity index (χ3v) is 5.81. The van der Waals surface area contributed by atoms with Crippen LogP contribution in [0.1, 0.15) is 41.7 Å². The zero-order valence-corrected chi connectivity index (χ0v) is 14.7. The van der Waals surface area contributed by atoms with Crippen molar-refractivity contribution in [2.75, 3.05) is 0 Å². The van der Waals surface area contributed by atoms with E-state index >= 15 is 0 Å². The molecule has 0 bridgehead atoms. The molecule has 25 heavy (non-hydrogen) atoms. The smallest absolute Gasteiger partial charge is 0.306 e. The predicted molar refractivity (Wildman–Crippen MR) is 97.7 cm³/mol. The maximum Gasteiger partial charge on any atom is 0.306 e. The Balaban J connectivity index is 1.68. The third kappa shape index (κ3) is 4.48. The molecule has 0 spiro atoms. The molecule has 1 aromatic heterocycles. The molecule has 0 atom stereocenters. The van der Waals surface area contributed by atoms with Crippen molar-refractivity contribution in [1.29, 1.82) is 0 Å². The molecule has 1 fully saturated rings. The Labute approximate surface area is 151 Å². The van der Waals surface area contributed by atoms with E-state index in [2.05, 4.69) is 17.1 Å². The second-order valence-electron chi connectivity index (χ2n) is 6.38. The fourth-order valence-corrected chi connectivity index (χ4v) is 4.20. The van der Waals surface area contributed by atoms with Gasteiger partial charge >= 0.3 is 5.97 Å². The van der Waals surface area contributed by atoms with Crippen LogP contribution >= 0.6 is 11.8 Å². The Bertz CT molecular complexity index is 740. The molecule has 1 aromatic carbocycles. The van der Waals surface area contributed by atoms with Gasteiger partial charge in [-0.3, -0.25) is 14.6 Å². The lowest BCUT2D eigenvalue weighted by atomic mass is 9.79. The van der Waals surface area contributed by atoms with Gasteiger partial charge in [0.15, 0.2) is 5.78 Å². The first-order valence-electron chi connectivity index (χ1n) is 8.54.